The van der Waals surface area contributed by atoms with E-state index in [0.717, 1.165) is 16.3 Å². The van der Waals surface area contributed by atoms with E-state index < -0.39 is 6.03 Å². The fourth-order valence-corrected chi connectivity index (χ4v) is 4.83. The van der Waals surface area contributed by atoms with Crippen LogP contribution in [0.15, 0.2) is 22.6 Å². The predicted molar refractivity (Wildman–Crippen MR) is 121 cm³/mol. The first-order valence-electron chi connectivity index (χ1n) is 10.5. The number of hydrogen-bond donors (Lipinski definition) is 4. The number of ether oxygens (including phenoxy) is 1. The molecule has 1 aliphatic rings. The van der Waals surface area contributed by atoms with E-state index in [4.69, 9.17) is 14.3 Å². The Morgan fingerprint density at radius 1 is 1.41 bits per heavy atom. The minimum atomic E-state index is -0.426. The molecule has 32 heavy (non-hydrogen) atoms. The van der Waals surface area contributed by atoms with E-state index in [2.05, 4.69) is 20.6 Å². The lowest BCUT2D eigenvalue weighted by Gasteiger charge is -2.37. The molecule has 10 nitrogen and oxygen atoms in total. The zero-order valence-corrected chi connectivity index (χ0v) is 19.0. The molecule has 11 heteroatoms. The molecule has 0 fully saturated rings. The highest BCUT2D eigenvalue weighted by molar-refractivity contribution is 7.16. The molecule has 2 amide bonds. The number of benzene rings is 1. The molecule has 172 valence electrons. The van der Waals surface area contributed by atoms with Gasteiger partial charge in [-0.2, -0.15) is 4.98 Å². The number of carbonyl (C=O) groups excluding carboxylic acids is 1. The van der Waals surface area contributed by atoms with Crippen LogP contribution >= 0.6 is 11.3 Å². The Balaban J connectivity index is 1.60. The monoisotopic (exact) mass is 461 g/mol. The van der Waals surface area contributed by atoms with Crippen LogP contribution in [0.25, 0.3) is 11.1 Å². The summed E-state index contributed by atoms with van der Waals surface area (Å²) in [6.07, 6.45) is 0.492. The molecule has 3 atom stereocenters. The van der Waals surface area contributed by atoms with Crippen molar-refractivity contribution in [2.75, 3.05) is 30.0 Å². The Labute approximate surface area is 189 Å². The third-order valence-electron chi connectivity index (χ3n) is 5.31. The number of amides is 2. The molecular weight excluding hydrogens is 434 g/mol. The summed E-state index contributed by atoms with van der Waals surface area (Å²) in [5, 5.41) is 25.0. The van der Waals surface area contributed by atoms with Gasteiger partial charge >= 0.3 is 6.03 Å². The highest BCUT2D eigenvalue weighted by Crippen LogP contribution is 2.41. The molecule has 0 bridgehead atoms. The summed E-state index contributed by atoms with van der Waals surface area (Å²) in [5.41, 5.74) is 2.15. The number of aliphatic hydroxyl groups excluding tert-OH is 2. The number of thiazole rings is 1. The molecule has 0 radical (unpaired) electrons. The summed E-state index contributed by atoms with van der Waals surface area (Å²) >= 11 is 1.38. The predicted octanol–water partition coefficient (Wildman–Crippen LogP) is 2.67. The first-order valence-corrected chi connectivity index (χ1v) is 11.4. The van der Waals surface area contributed by atoms with E-state index in [1.165, 1.54) is 11.3 Å². The van der Waals surface area contributed by atoms with Crippen molar-refractivity contribution in [3.05, 3.63) is 28.8 Å². The van der Waals surface area contributed by atoms with Crippen LogP contribution in [0, 0.1) is 0 Å². The van der Waals surface area contributed by atoms with Gasteiger partial charge in [-0.05, 0) is 32.9 Å². The Morgan fingerprint density at radius 3 is 2.94 bits per heavy atom. The maximum absolute atomic E-state index is 12.1. The van der Waals surface area contributed by atoms with Gasteiger partial charge in [-0.25, -0.2) is 9.78 Å². The van der Waals surface area contributed by atoms with Gasteiger partial charge in [0.25, 0.3) is 6.01 Å². The van der Waals surface area contributed by atoms with E-state index >= 15 is 0 Å². The quantitative estimate of drug-likeness (QED) is 0.422. The first-order chi connectivity index (χ1) is 15.4. The highest BCUT2D eigenvalue weighted by Gasteiger charge is 2.37. The summed E-state index contributed by atoms with van der Waals surface area (Å²) in [7, 11) is 0. The van der Waals surface area contributed by atoms with Gasteiger partial charge in [0.05, 0.1) is 48.5 Å². The average Bonchev–Trinajstić information content (AvgIpc) is 3.36. The second-order valence-electron chi connectivity index (χ2n) is 7.69. The molecule has 4 N–H and O–H groups in total. The van der Waals surface area contributed by atoms with Crippen LogP contribution in [0.4, 0.5) is 15.9 Å². The summed E-state index contributed by atoms with van der Waals surface area (Å²) in [5.74, 6) is 0.722. The number of hydrogen-bond acceptors (Lipinski definition) is 9. The van der Waals surface area contributed by atoms with Crippen molar-refractivity contribution in [3.63, 3.8) is 0 Å². The Bertz CT molecular complexity index is 1100. The van der Waals surface area contributed by atoms with E-state index in [1.54, 1.807) is 6.92 Å². The summed E-state index contributed by atoms with van der Waals surface area (Å²) in [4.78, 5) is 24.2. The lowest BCUT2D eigenvalue weighted by Crippen LogP contribution is -2.45. The molecule has 2 aromatic heterocycles. The number of nitrogens with one attached hydrogen (secondary N) is 2. The molecule has 0 spiro atoms. The van der Waals surface area contributed by atoms with Gasteiger partial charge in [-0.3, -0.25) is 5.32 Å². The van der Waals surface area contributed by atoms with Gasteiger partial charge in [-0.15, -0.1) is 0 Å². The van der Waals surface area contributed by atoms with Crippen molar-refractivity contribution >= 4 is 39.6 Å². The molecule has 3 heterocycles. The van der Waals surface area contributed by atoms with Crippen molar-refractivity contribution in [2.24, 2.45) is 0 Å². The largest absolute Gasteiger partial charge is 0.494 e. The van der Waals surface area contributed by atoms with Crippen LogP contribution in [0.1, 0.15) is 37.4 Å². The topological polar surface area (TPSA) is 133 Å². The van der Waals surface area contributed by atoms with E-state index in [1.807, 2.05) is 36.9 Å². The molecule has 0 unspecified atom stereocenters. The van der Waals surface area contributed by atoms with Gasteiger partial charge in [0.1, 0.15) is 11.3 Å². The summed E-state index contributed by atoms with van der Waals surface area (Å²) in [6, 6.07) is 4.70. The number of aliphatic hydroxyl groups is 2. The molecule has 3 aromatic rings. The number of fused-ring (bicyclic) bond motifs is 2. The number of aromatic nitrogens is 2. The summed E-state index contributed by atoms with van der Waals surface area (Å²) < 4.78 is 11.6. The Hall–Kier alpha value is -2.89. The molecule has 4 rings (SSSR count). The molecule has 0 aliphatic carbocycles. The standard InChI is InChI=1S/C21H27N5O5S/c1-4-30-14-5-6-17-15(8-14)24-21(31-17)26-12(3)18-16(7-13(26)10-28)23-20(32-18)25-19(29)22-11(2)9-27/h5-6,8,11-13,27-28H,4,7,9-10H2,1-3H3,(H2,22,23,25,29)/t11-,12+,13+/m1/s1. The Kier molecular flexibility index (Phi) is 6.49. The first kappa shape index (κ1) is 22.3. The zero-order chi connectivity index (χ0) is 22.8. The molecule has 0 saturated heterocycles. The molecule has 1 aromatic carbocycles. The number of carbonyl (C=O) groups is 1. The Morgan fingerprint density at radius 2 is 2.22 bits per heavy atom. The number of rotatable bonds is 7. The van der Waals surface area contributed by atoms with Crippen molar-refractivity contribution in [2.45, 2.75) is 45.3 Å². The van der Waals surface area contributed by atoms with E-state index in [0.29, 0.717) is 35.3 Å². The van der Waals surface area contributed by atoms with Crippen molar-refractivity contribution in [1.82, 2.24) is 15.3 Å². The van der Waals surface area contributed by atoms with Crippen LogP contribution in [-0.2, 0) is 6.42 Å². The van der Waals surface area contributed by atoms with Crippen LogP contribution in [0.2, 0.25) is 0 Å². The minimum absolute atomic E-state index is 0.0957. The van der Waals surface area contributed by atoms with Crippen LogP contribution in [0.3, 0.4) is 0 Å². The van der Waals surface area contributed by atoms with Crippen molar-refractivity contribution in [1.29, 1.82) is 0 Å². The number of nitrogens with zero attached hydrogens (tertiary/aromatic N) is 3. The third kappa shape index (κ3) is 4.36. The van der Waals surface area contributed by atoms with Gasteiger partial charge in [0.15, 0.2) is 10.7 Å². The lowest BCUT2D eigenvalue weighted by atomic mass is 10.00. The molecular formula is C21H27N5O5S. The molecule has 0 saturated carbocycles. The third-order valence-corrected chi connectivity index (χ3v) is 6.49. The number of oxazole rings is 1. The fourth-order valence-electron chi connectivity index (χ4n) is 3.79. The van der Waals surface area contributed by atoms with Crippen molar-refractivity contribution < 1.29 is 24.2 Å². The van der Waals surface area contributed by atoms with Gasteiger partial charge in [-0.1, -0.05) is 11.3 Å². The smallest absolute Gasteiger partial charge is 0.321 e. The van der Waals surface area contributed by atoms with Crippen LogP contribution in [0.5, 0.6) is 5.75 Å². The number of anilines is 2. The van der Waals surface area contributed by atoms with Gasteiger partial charge in [0, 0.05) is 12.5 Å². The van der Waals surface area contributed by atoms with Crippen LogP contribution in [-0.4, -0.2) is 58.1 Å². The zero-order valence-electron chi connectivity index (χ0n) is 18.2. The maximum Gasteiger partial charge on any atom is 0.321 e. The SMILES string of the molecule is CCOc1ccc2oc(N3[C@H](CO)Cc4nc(NC(=O)N[C@H](C)CO)sc4[C@@H]3C)nc2c1. The van der Waals surface area contributed by atoms with Crippen LogP contribution < -0.4 is 20.3 Å². The molecule has 1 aliphatic heterocycles. The second kappa shape index (κ2) is 9.31. The lowest BCUT2D eigenvalue weighted by molar-refractivity contribution is 0.229. The van der Waals surface area contributed by atoms with Gasteiger partial charge in [0.2, 0.25) is 0 Å². The second-order valence-corrected chi connectivity index (χ2v) is 8.73. The van der Waals surface area contributed by atoms with E-state index in [9.17, 15) is 9.90 Å². The van der Waals surface area contributed by atoms with E-state index in [-0.39, 0.29) is 31.3 Å². The minimum Gasteiger partial charge on any atom is -0.494 e. The highest BCUT2D eigenvalue weighted by atomic mass is 32.1. The van der Waals surface area contributed by atoms with Gasteiger partial charge < -0.3 is 29.6 Å². The maximum atomic E-state index is 12.1. The number of urea groups is 1. The summed E-state index contributed by atoms with van der Waals surface area (Å²) in [6.45, 7) is 5.94. The average molecular weight is 462 g/mol. The fraction of sp³-hybridized carbons (Fsp3) is 0.476. The normalized spacial score (nSPS) is 19.0. The van der Waals surface area contributed by atoms with Crippen molar-refractivity contribution in [3.8, 4) is 5.75 Å².